The van der Waals surface area contributed by atoms with Crippen molar-refractivity contribution in [3.05, 3.63) is 63.2 Å². The molecule has 0 saturated heterocycles. The van der Waals surface area contributed by atoms with E-state index in [0.29, 0.717) is 27.3 Å². The summed E-state index contributed by atoms with van der Waals surface area (Å²) in [6.45, 7) is 1.96. The highest BCUT2D eigenvalue weighted by molar-refractivity contribution is 6.33. The fourth-order valence-electron chi connectivity index (χ4n) is 3.66. The Hall–Kier alpha value is -2.20. The summed E-state index contributed by atoms with van der Waals surface area (Å²) in [4.78, 5) is 17.8. The third-order valence-electron chi connectivity index (χ3n) is 4.92. The first-order chi connectivity index (χ1) is 12.0. The minimum absolute atomic E-state index is 0.113. The average Bonchev–Trinajstić information content (AvgIpc) is 3.08. The summed E-state index contributed by atoms with van der Waals surface area (Å²) in [5.41, 5.74) is 1.99. The monoisotopic (exact) mass is 356 g/mol. The van der Waals surface area contributed by atoms with Crippen molar-refractivity contribution in [1.82, 2.24) is 9.55 Å². The summed E-state index contributed by atoms with van der Waals surface area (Å²) in [5.74, 6) is 0.124. The summed E-state index contributed by atoms with van der Waals surface area (Å²) in [5, 5.41) is 0.995. The van der Waals surface area contributed by atoms with Crippen molar-refractivity contribution in [2.45, 2.75) is 38.6 Å². The third kappa shape index (κ3) is 2.85. The number of benzene rings is 2. The lowest BCUT2D eigenvalue weighted by molar-refractivity contribution is 0.505. The van der Waals surface area contributed by atoms with Gasteiger partial charge in [-0.1, -0.05) is 30.5 Å². The van der Waals surface area contributed by atoms with Crippen LogP contribution in [-0.4, -0.2) is 9.55 Å². The van der Waals surface area contributed by atoms with Crippen molar-refractivity contribution in [2.75, 3.05) is 0 Å². The Balaban J connectivity index is 2.06. The molecule has 0 radical (unpaired) electrons. The van der Waals surface area contributed by atoms with Crippen LogP contribution in [0, 0.1) is 12.7 Å². The van der Waals surface area contributed by atoms with Gasteiger partial charge in [0, 0.05) is 17.7 Å². The van der Waals surface area contributed by atoms with Gasteiger partial charge >= 0.3 is 0 Å². The van der Waals surface area contributed by atoms with Crippen LogP contribution in [0.4, 0.5) is 4.39 Å². The molecule has 3 nitrogen and oxygen atoms in total. The van der Waals surface area contributed by atoms with Crippen molar-refractivity contribution < 1.29 is 4.39 Å². The largest absolute Gasteiger partial charge is 0.289 e. The van der Waals surface area contributed by atoms with Gasteiger partial charge in [-0.15, -0.1) is 0 Å². The van der Waals surface area contributed by atoms with Gasteiger partial charge in [0.15, 0.2) is 0 Å². The molecule has 3 aromatic rings. The lowest BCUT2D eigenvalue weighted by atomic mass is 10.1. The molecular formula is C20H18ClFN2O. The molecule has 1 aliphatic rings. The fraction of sp³-hybridized carbons (Fsp3) is 0.300. The topological polar surface area (TPSA) is 34.9 Å². The van der Waals surface area contributed by atoms with E-state index in [4.69, 9.17) is 11.6 Å². The van der Waals surface area contributed by atoms with Gasteiger partial charge in [0.1, 0.15) is 11.6 Å². The lowest BCUT2D eigenvalue weighted by Gasteiger charge is -2.20. The van der Waals surface area contributed by atoms with Gasteiger partial charge in [-0.05, 0) is 49.6 Å². The molecule has 0 bridgehead atoms. The van der Waals surface area contributed by atoms with Gasteiger partial charge in [0.25, 0.3) is 5.56 Å². The van der Waals surface area contributed by atoms with Gasteiger partial charge in [-0.2, -0.15) is 0 Å². The maximum absolute atomic E-state index is 13.7. The molecule has 1 heterocycles. The molecule has 1 aromatic heterocycles. The Labute approximate surface area is 150 Å². The molecule has 1 aliphatic carbocycles. The van der Waals surface area contributed by atoms with Gasteiger partial charge in [-0.25, -0.2) is 9.37 Å². The summed E-state index contributed by atoms with van der Waals surface area (Å²) < 4.78 is 15.4. The highest BCUT2D eigenvalue weighted by atomic mass is 35.5. The molecule has 25 heavy (non-hydrogen) atoms. The first-order valence-corrected chi connectivity index (χ1v) is 8.91. The molecule has 2 aromatic carbocycles. The van der Waals surface area contributed by atoms with Gasteiger partial charge < -0.3 is 0 Å². The van der Waals surface area contributed by atoms with Crippen LogP contribution in [0.2, 0.25) is 5.02 Å². The van der Waals surface area contributed by atoms with E-state index in [1.54, 1.807) is 4.57 Å². The molecule has 0 atom stereocenters. The van der Waals surface area contributed by atoms with Crippen molar-refractivity contribution >= 4 is 22.5 Å². The number of aromatic nitrogens is 2. The van der Waals surface area contributed by atoms with Gasteiger partial charge in [0.2, 0.25) is 0 Å². The van der Waals surface area contributed by atoms with Crippen molar-refractivity contribution in [3.8, 4) is 11.4 Å². The number of fused-ring (bicyclic) bond motifs is 1. The molecule has 4 rings (SSSR count). The molecule has 1 saturated carbocycles. The highest BCUT2D eigenvalue weighted by Gasteiger charge is 2.24. The summed E-state index contributed by atoms with van der Waals surface area (Å²) in [7, 11) is 0. The minimum Gasteiger partial charge on any atom is -0.289 e. The van der Waals surface area contributed by atoms with E-state index in [1.807, 2.05) is 25.1 Å². The Kier molecular flexibility index (Phi) is 4.08. The maximum atomic E-state index is 13.7. The van der Waals surface area contributed by atoms with Crippen LogP contribution in [-0.2, 0) is 0 Å². The Morgan fingerprint density at radius 3 is 2.64 bits per heavy atom. The standard InChI is InChI=1S/C20H18ClFN2O/c1-12-6-8-15(17(21)10-12)19-23-18-11-13(22)7-9-16(18)20(25)24(19)14-4-2-3-5-14/h6-11,14H,2-5H2,1H3. The zero-order valence-corrected chi connectivity index (χ0v) is 14.7. The Morgan fingerprint density at radius 2 is 1.92 bits per heavy atom. The number of hydrogen-bond acceptors (Lipinski definition) is 2. The number of halogens is 2. The summed E-state index contributed by atoms with van der Waals surface area (Å²) >= 11 is 6.45. The minimum atomic E-state index is -0.404. The summed E-state index contributed by atoms with van der Waals surface area (Å²) in [6, 6.07) is 9.94. The van der Waals surface area contributed by atoms with Crippen LogP contribution in [0.3, 0.4) is 0 Å². The SMILES string of the molecule is Cc1ccc(-c2nc3cc(F)ccc3c(=O)n2C2CCCC2)c(Cl)c1. The van der Waals surface area contributed by atoms with Crippen molar-refractivity contribution in [2.24, 2.45) is 0 Å². The van der Waals surface area contributed by atoms with Crippen LogP contribution >= 0.6 is 11.6 Å². The van der Waals surface area contributed by atoms with Gasteiger partial charge in [-0.3, -0.25) is 9.36 Å². The Morgan fingerprint density at radius 1 is 1.16 bits per heavy atom. The molecule has 0 spiro atoms. The summed E-state index contributed by atoms with van der Waals surface area (Å²) in [6.07, 6.45) is 4.09. The van der Waals surface area contributed by atoms with Crippen LogP contribution in [0.5, 0.6) is 0 Å². The van der Waals surface area contributed by atoms with Crippen LogP contribution in [0.25, 0.3) is 22.3 Å². The van der Waals surface area contributed by atoms with E-state index in [1.165, 1.54) is 18.2 Å². The van der Waals surface area contributed by atoms with E-state index in [-0.39, 0.29) is 11.6 Å². The first kappa shape index (κ1) is 16.3. The molecule has 0 amide bonds. The zero-order valence-electron chi connectivity index (χ0n) is 13.9. The molecule has 0 aliphatic heterocycles. The van der Waals surface area contributed by atoms with E-state index in [0.717, 1.165) is 31.2 Å². The predicted octanol–water partition coefficient (Wildman–Crippen LogP) is 5.28. The zero-order chi connectivity index (χ0) is 17.6. The molecule has 0 unspecified atom stereocenters. The predicted molar refractivity (Wildman–Crippen MR) is 98.6 cm³/mol. The Bertz CT molecular complexity index is 1020. The molecule has 5 heteroatoms. The number of nitrogens with zero attached hydrogens (tertiary/aromatic N) is 2. The molecular weight excluding hydrogens is 339 g/mol. The second-order valence-corrected chi connectivity index (χ2v) is 7.10. The van der Waals surface area contributed by atoms with E-state index in [2.05, 4.69) is 4.98 Å². The van der Waals surface area contributed by atoms with Crippen LogP contribution in [0.15, 0.2) is 41.2 Å². The molecule has 0 N–H and O–H groups in total. The van der Waals surface area contributed by atoms with Gasteiger partial charge in [0.05, 0.1) is 15.9 Å². The number of rotatable bonds is 2. The average molecular weight is 357 g/mol. The van der Waals surface area contributed by atoms with Crippen molar-refractivity contribution in [1.29, 1.82) is 0 Å². The lowest BCUT2D eigenvalue weighted by Crippen LogP contribution is -2.26. The van der Waals surface area contributed by atoms with Crippen molar-refractivity contribution in [3.63, 3.8) is 0 Å². The number of aryl methyl sites for hydroxylation is 1. The first-order valence-electron chi connectivity index (χ1n) is 8.53. The fourth-order valence-corrected chi connectivity index (χ4v) is 3.98. The molecule has 1 fully saturated rings. The quantitative estimate of drug-likeness (QED) is 0.626. The molecule has 128 valence electrons. The van der Waals surface area contributed by atoms with E-state index >= 15 is 0 Å². The highest BCUT2D eigenvalue weighted by Crippen LogP contribution is 2.34. The maximum Gasteiger partial charge on any atom is 0.261 e. The normalized spacial score (nSPS) is 15.2. The second kappa shape index (κ2) is 6.26. The smallest absolute Gasteiger partial charge is 0.261 e. The van der Waals surface area contributed by atoms with E-state index in [9.17, 15) is 9.18 Å². The second-order valence-electron chi connectivity index (χ2n) is 6.69. The number of hydrogen-bond donors (Lipinski definition) is 0. The third-order valence-corrected chi connectivity index (χ3v) is 5.23. The van der Waals surface area contributed by atoms with E-state index < -0.39 is 5.82 Å². The van der Waals surface area contributed by atoms with Crippen LogP contribution in [0.1, 0.15) is 37.3 Å². The van der Waals surface area contributed by atoms with Crippen LogP contribution < -0.4 is 5.56 Å².